The number of rotatable bonds is 5. The van der Waals surface area contributed by atoms with Crippen molar-refractivity contribution in [2.24, 2.45) is 7.05 Å². The van der Waals surface area contributed by atoms with Crippen molar-refractivity contribution in [2.75, 3.05) is 19.6 Å². The smallest absolute Gasteiger partial charge is 0.274 e. The summed E-state index contributed by atoms with van der Waals surface area (Å²) < 4.78 is 1.95. The minimum atomic E-state index is 0.146. The van der Waals surface area contributed by atoms with Gasteiger partial charge in [-0.3, -0.25) is 9.48 Å². The summed E-state index contributed by atoms with van der Waals surface area (Å²) in [7, 11) is 1.99. The van der Waals surface area contributed by atoms with Crippen LogP contribution in [0.1, 0.15) is 73.1 Å². The van der Waals surface area contributed by atoms with E-state index in [1.54, 1.807) is 5.57 Å². The van der Waals surface area contributed by atoms with Gasteiger partial charge in [-0.2, -0.15) is 5.10 Å². The van der Waals surface area contributed by atoms with Crippen LogP contribution in [0.3, 0.4) is 0 Å². The molecular formula is C21H32N4O. The van der Waals surface area contributed by atoms with E-state index < -0.39 is 0 Å². The molecule has 5 heteroatoms. The number of carbonyl (C=O) groups excluding carboxylic acids is 1. The average Bonchev–Trinajstić information content (AvgIpc) is 3.31. The topological polar surface area (TPSA) is 50.2 Å². The van der Waals surface area contributed by atoms with Crippen molar-refractivity contribution in [2.45, 2.75) is 70.3 Å². The molecule has 2 heterocycles. The number of hydrogen-bond acceptors (Lipinski definition) is 3. The average molecular weight is 357 g/mol. The number of carbonyl (C=O) groups is 1. The molecule has 1 amide bonds. The lowest BCUT2D eigenvalue weighted by molar-refractivity contribution is 0.0785. The summed E-state index contributed by atoms with van der Waals surface area (Å²) in [6.07, 6.45) is 14.2. The van der Waals surface area contributed by atoms with Crippen molar-refractivity contribution in [3.05, 3.63) is 28.6 Å². The number of aromatic nitrogens is 2. The van der Waals surface area contributed by atoms with E-state index in [1.807, 2.05) is 16.6 Å². The molecule has 0 radical (unpaired) electrons. The molecule has 1 N–H and O–H groups in total. The SMILES string of the molecule is Cn1nc(C(=O)N2CCCC2)c2c1CCC(NCCC1=CCCCC1)C2. The molecule has 3 aliphatic rings. The van der Waals surface area contributed by atoms with Crippen LogP contribution >= 0.6 is 0 Å². The predicted octanol–water partition coefficient (Wildman–Crippen LogP) is 2.99. The van der Waals surface area contributed by atoms with Crippen LogP contribution in [0.15, 0.2) is 11.6 Å². The number of hydrogen-bond donors (Lipinski definition) is 1. The Bertz CT molecular complexity index is 684. The minimum Gasteiger partial charge on any atom is -0.337 e. The molecule has 1 aromatic rings. The van der Waals surface area contributed by atoms with Gasteiger partial charge in [0.15, 0.2) is 5.69 Å². The van der Waals surface area contributed by atoms with Crippen LogP contribution in [-0.4, -0.2) is 46.3 Å². The number of aryl methyl sites for hydroxylation is 1. The molecule has 1 fully saturated rings. The fourth-order valence-electron chi connectivity index (χ4n) is 4.77. The maximum atomic E-state index is 12.9. The quantitative estimate of drug-likeness (QED) is 0.825. The monoisotopic (exact) mass is 356 g/mol. The zero-order valence-corrected chi connectivity index (χ0v) is 16.1. The van der Waals surface area contributed by atoms with Crippen LogP contribution in [0.2, 0.25) is 0 Å². The summed E-state index contributed by atoms with van der Waals surface area (Å²) in [4.78, 5) is 14.9. The van der Waals surface area contributed by atoms with Crippen molar-refractivity contribution in [1.29, 1.82) is 0 Å². The molecule has 2 aliphatic carbocycles. The molecular weight excluding hydrogens is 324 g/mol. The molecule has 1 atom stereocenters. The molecule has 1 unspecified atom stereocenters. The fourth-order valence-corrected chi connectivity index (χ4v) is 4.77. The van der Waals surface area contributed by atoms with E-state index in [-0.39, 0.29) is 5.91 Å². The minimum absolute atomic E-state index is 0.146. The first-order chi connectivity index (χ1) is 12.7. The van der Waals surface area contributed by atoms with Crippen molar-refractivity contribution >= 4 is 5.91 Å². The standard InChI is InChI=1S/C21H32N4O/c1-24-19-10-9-17(22-12-11-16-7-3-2-4-8-16)15-18(19)20(23-24)21(26)25-13-5-6-14-25/h7,17,22H,2-6,8-15H2,1H3. The first kappa shape index (κ1) is 17.8. The highest BCUT2D eigenvalue weighted by Crippen LogP contribution is 2.26. The Morgan fingerprint density at radius 1 is 1.23 bits per heavy atom. The Labute approximate surface area is 156 Å². The highest BCUT2D eigenvalue weighted by molar-refractivity contribution is 5.94. The lowest BCUT2D eigenvalue weighted by Gasteiger charge is -2.25. The van der Waals surface area contributed by atoms with Gasteiger partial charge in [0.25, 0.3) is 5.91 Å². The van der Waals surface area contributed by atoms with Crippen LogP contribution < -0.4 is 5.32 Å². The van der Waals surface area contributed by atoms with Crippen molar-refractivity contribution in [3.63, 3.8) is 0 Å². The molecule has 1 aromatic heterocycles. The van der Waals surface area contributed by atoms with Gasteiger partial charge in [0, 0.05) is 37.4 Å². The van der Waals surface area contributed by atoms with Gasteiger partial charge in [-0.1, -0.05) is 11.6 Å². The van der Waals surface area contributed by atoms with E-state index in [9.17, 15) is 4.79 Å². The van der Waals surface area contributed by atoms with E-state index in [0.717, 1.165) is 51.7 Å². The molecule has 0 aromatic carbocycles. The largest absolute Gasteiger partial charge is 0.337 e. The first-order valence-electron chi connectivity index (χ1n) is 10.5. The van der Waals surface area contributed by atoms with Gasteiger partial charge in [-0.05, 0) is 70.8 Å². The van der Waals surface area contributed by atoms with Gasteiger partial charge in [0.1, 0.15) is 0 Å². The zero-order valence-electron chi connectivity index (χ0n) is 16.1. The number of likely N-dealkylation sites (tertiary alicyclic amines) is 1. The first-order valence-corrected chi connectivity index (χ1v) is 10.5. The summed E-state index contributed by atoms with van der Waals surface area (Å²) in [6.45, 7) is 2.84. The summed E-state index contributed by atoms with van der Waals surface area (Å²) in [5, 5.41) is 8.37. The van der Waals surface area contributed by atoms with Crippen LogP contribution in [0.5, 0.6) is 0 Å². The van der Waals surface area contributed by atoms with Crippen molar-refractivity contribution < 1.29 is 4.79 Å². The molecule has 1 saturated heterocycles. The molecule has 1 aliphatic heterocycles. The third-order valence-corrected chi connectivity index (χ3v) is 6.31. The van der Waals surface area contributed by atoms with Crippen molar-refractivity contribution in [1.82, 2.24) is 20.0 Å². The van der Waals surface area contributed by atoms with Gasteiger partial charge in [-0.15, -0.1) is 0 Å². The summed E-state index contributed by atoms with van der Waals surface area (Å²) in [6, 6.07) is 0.473. The Balaban J connectivity index is 1.39. The van der Waals surface area contributed by atoms with E-state index in [4.69, 9.17) is 0 Å². The van der Waals surface area contributed by atoms with E-state index in [1.165, 1.54) is 43.4 Å². The van der Waals surface area contributed by atoms with Gasteiger partial charge < -0.3 is 10.2 Å². The van der Waals surface area contributed by atoms with E-state index >= 15 is 0 Å². The Hall–Kier alpha value is -1.62. The molecule has 142 valence electrons. The van der Waals surface area contributed by atoms with Gasteiger partial charge >= 0.3 is 0 Å². The van der Waals surface area contributed by atoms with E-state index in [2.05, 4.69) is 16.5 Å². The van der Waals surface area contributed by atoms with Gasteiger partial charge in [-0.25, -0.2) is 0 Å². The Morgan fingerprint density at radius 2 is 2.08 bits per heavy atom. The molecule has 0 saturated carbocycles. The Morgan fingerprint density at radius 3 is 2.85 bits per heavy atom. The highest BCUT2D eigenvalue weighted by Gasteiger charge is 2.31. The maximum absolute atomic E-state index is 12.9. The number of nitrogens with zero attached hydrogens (tertiary/aromatic N) is 3. The van der Waals surface area contributed by atoms with Crippen LogP contribution in [0.4, 0.5) is 0 Å². The second-order valence-electron chi connectivity index (χ2n) is 8.15. The number of nitrogens with one attached hydrogen (secondary N) is 1. The maximum Gasteiger partial charge on any atom is 0.274 e. The number of fused-ring (bicyclic) bond motifs is 1. The lowest BCUT2D eigenvalue weighted by Crippen LogP contribution is -2.36. The van der Waals surface area contributed by atoms with Crippen LogP contribution in [0, 0.1) is 0 Å². The second-order valence-corrected chi connectivity index (χ2v) is 8.15. The van der Waals surface area contributed by atoms with E-state index in [0.29, 0.717) is 11.7 Å². The van der Waals surface area contributed by atoms with Gasteiger partial charge in [0.05, 0.1) is 0 Å². The third kappa shape index (κ3) is 3.73. The summed E-state index contributed by atoms with van der Waals surface area (Å²) in [5.74, 6) is 0.146. The van der Waals surface area contributed by atoms with Gasteiger partial charge in [0.2, 0.25) is 0 Å². The third-order valence-electron chi connectivity index (χ3n) is 6.31. The second kappa shape index (κ2) is 7.95. The predicted molar refractivity (Wildman–Crippen MR) is 103 cm³/mol. The number of amides is 1. The van der Waals surface area contributed by atoms with Crippen LogP contribution in [-0.2, 0) is 19.9 Å². The summed E-state index contributed by atoms with van der Waals surface area (Å²) in [5.41, 5.74) is 4.81. The molecule has 5 nitrogen and oxygen atoms in total. The Kier molecular flexibility index (Phi) is 5.44. The molecule has 0 bridgehead atoms. The van der Waals surface area contributed by atoms with Crippen LogP contribution in [0.25, 0.3) is 0 Å². The molecule has 0 spiro atoms. The fraction of sp³-hybridized carbons (Fsp3) is 0.714. The summed E-state index contributed by atoms with van der Waals surface area (Å²) >= 11 is 0. The zero-order chi connectivity index (χ0) is 17.9. The lowest BCUT2D eigenvalue weighted by atomic mass is 9.90. The highest BCUT2D eigenvalue weighted by atomic mass is 16.2. The normalized spacial score (nSPS) is 23.0. The van der Waals surface area contributed by atoms with Crippen molar-refractivity contribution in [3.8, 4) is 0 Å². The molecule has 4 rings (SSSR count). The molecule has 26 heavy (non-hydrogen) atoms. The number of allylic oxidation sites excluding steroid dienone is 1.